The molecule has 0 aliphatic rings. The summed E-state index contributed by atoms with van der Waals surface area (Å²) in [6.45, 7) is 1.71. The van der Waals surface area contributed by atoms with Crippen LogP contribution in [-0.4, -0.2) is 25.8 Å². The molecule has 0 saturated carbocycles. The standard InChI is InChI=1S/C15H13N3O2/c1-9-12(15(19)20)13(10-6-4-3-5-7-10)11-8-16-18(2)14(11)17-9/h3-8H,1-2H3,(H,19,20). The molecule has 5 nitrogen and oxygen atoms in total. The second-order valence-corrected chi connectivity index (χ2v) is 4.62. The number of nitrogens with zero attached hydrogens (tertiary/aromatic N) is 3. The Bertz CT molecular complexity index is 807. The highest BCUT2D eigenvalue weighted by atomic mass is 16.4. The number of carbonyl (C=O) groups is 1. The lowest BCUT2D eigenvalue weighted by Gasteiger charge is -2.10. The molecule has 3 aromatic rings. The normalized spacial score (nSPS) is 10.9. The van der Waals surface area contributed by atoms with E-state index in [2.05, 4.69) is 10.1 Å². The third kappa shape index (κ3) is 1.75. The average Bonchev–Trinajstić information content (AvgIpc) is 2.79. The van der Waals surface area contributed by atoms with Gasteiger partial charge in [0, 0.05) is 18.0 Å². The third-order valence-electron chi connectivity index (χ3n) is 3.34. The summed E-state index contributed by atoms with van der Waals surface area (Å²) in [6, 6.07) is 9.47. The molecular weight excluding hydrogens is 254 g/mol. The van der Waals surface area contributed by atoms with Gasteiger partial charge in [0.2, 0.25) is 0 Å². The quantitative estimate of drug-likeness (QED) is 0.775. The minimum absolute atomic E-state index is 0.233. The number of aromatic nitrogens is 3. The summed E-state index contributed by atoms with van der Waals surface area (Å²) >= 11 is 0. The number of pyridine rings is 1. The Morgan fingerprint density at radius 1 is 1.25 bits per heavy atom. The van der Waals surface area contributed by atoms with Gasteiger partial charge >= 0.3 is 5.97 Å². The molecule has 0 fully saturated rings. The van der Waals surface area contributed by atoms with Gasteiger partial charge in [-0.1, -0.05) is 30.3 Å². The molecule has 0 saturated heterocycles. The molecule has 0 aliphatic heterocycles. The number of hydrogen-bond acceptors (Lipinski definition) is 3. The van der Waals surface area contributed by atoms with Gasteiger partial charge in [0.05, 0.1) is 17.5 Å². The number of hydrogen-bond donors (Lipinski definition) is 1. The number of carboxylic acid groups (broad SMARTS) is 1. The SMILES string of the molecule is Cc1nc2c(cnn2C)c(-c2ccccc2)c1C(=O)O. The first-order valence-corrected chi connectivity index (χ1v) is 6.20. The molecular formula is C15H13N3O2. The molecule has 1 N–H and O–H groups in total. The number of carboxylic acids is 1. The minimum atomic E-state index is -0.973. The van der Waals surface area contributed by atoms with Crippen LogP contribution in [0.3, 0.4) is 0 Å². The van der Waals surface area contributed by atoms with Gasteiger partial charge in [-0.25, -0.2) is 9.78 Å². The van der Waals surface area contributed by atoms with Crippen molar-refractivity contribution in [3.8, 4) is 11.1 Å². The molecule has 0 radical (unpaired) electrons. The summed E-state index contributed by atoms with van der Waals surface area (Å²) in [4.78, 5) is 16.0. The third-order valence-corrected chi connectivity index (χ3v) is 3.34. The summed E-state index contributed by atoms with van der Waals surface area (Å²) < 4.78 is 1.65. The van der Waals surface area contributed by atoms with Crippen LogP contribution in [0.4, 0.5) is 0 Å². The zero-order valence-corrected chi connectivity index (χ0v) is 11.2. The van der Waals surface area contributed by atoms with E-state index in [9.17, 15) is 9.90 Å². The number of benzene rings is 1. The lowest BCUT2D eigenvalue weighted by atomic mass is 9.96. The van der Waals surface area contributed by atoms with Gasteiger partial charge in [0.1, 0.15) is 0 Å². The van der Waals surface area contributed by atoms with Crippen LogP contribution in [0.25, 0.3) is 22.2 Å². The maximum absolute atomic E-state index is 11.6. The lowest BCUT2D eigenvalue weighted by Crippen LogP contribution is -2.06. The van der Waals surface area contributed by atoms with Crippen LogP contribution in [0.15, 0.2) is 36.5 Å². The first-order chi connectivity index (χ1) is 9.59. The van der Waals surface area contributed by atoms with Crippen molar-refractivity contribution >= 4 is 17.0 Å². The fourth-order valence-electron chi connectivity index (χ4n) is 2.44. The van der Waals surface area contributed by atoms with Gasteiger partial charge in [0.25, 0.3) is 0 Å². The first-order valence-electron chi connectivity index (χ1n) is 6.20. The van der Waals surface area contributed by atoms with Gasteiger partial charge in [-0.05, 0) is 12.5 Å². The number of aryl methyl sites for hydroxylation is 2. The van der Waals surface area contributed by atoms with Crippen molar-refractivity contribution in [3.63, 3.8) is 0 Å². The highest BCUT2D eigenvalue weighted by molar-refractivity contribution is 6.06. The summed E-state index contributed by atoms with van der Waals surface area (Å²) in [5, 5.41) is 14.4. The van der Waals surface area contributed by atoms with Crippen LogP contribution in [0.1, 0.15) is 16.1 Å². The van der Waals surface area contributed by atoms with Gasteiger partial charge in [-0.15, -0.1) is 0 Å². The largest absolute Gasteiger partial charge is 0.478 e. The van der Waals surface area contributed by atoms with Gasteiger partial charge in [0.15, 0.2) is 5.65 Å². The molecule has 0 atom stereocenters. The van der Waals surface area contributed by atoms with E-state index in [1.807, 2.05) is 30.3 Å². The molecule has 2 heterocycles. The van der Waals surface area contributed by atoms with Crippen molar-refractivity contribution in [2.45, 2.75) is 6.92 Å². The Morgan fingerprint density at radius 2 is 1.95 bits per heavy atom. The zero-order chi connectivity index (χ0) is 14.3. The second kappa shape index (κ2) is 4.45. The Labute approximate surface area is 115 Å². The van der Waals surface area contributed by atoms with E-state index in [-0.39, 0.29) is 5.56 Å². The molecule has 5 heteroatoms. The number of aromatic carboxylic acids is 1. The molecule has 0 spiro atoms. The van der Waals surface area contributed by atoms with E-state index < -0.39 is 5.97 Å². The predicted molar refractivity (Wildman–Crippen MR) is 75.6 cm³/mol. The van der Waals surface area contributed by atoms with Crippen LogP contribution < -0.4 is 0 Å². The summed E-state index contributed by atoms with van der Waals surface area (Å²) in [7, 11) is 1.80. The Morgan fingerprint density at radius 3 is 2.60 bits per heavy atom. The van der Waals surface area contributed by atoms with E-state index in [1.165, 1.54) is 0 Å². The molecule has 3 rings (SSSR count). The Balaban J connectivity index is 2.48. The minimum Gasteiger partial charge on any atom is -0.478 e. The second-order valence-electron chi connectivity index (χ2n) is 4.62. The molecule has 1 aromatic carbocycles. The molecule has 0 amide bonds. The average molecular weight is 267 g/mol. The Hall–Kier alpha value is -2.69. The molecule has 0 aliphatic carbocycles. The highest BCUT2D eigenvalue weighted by Crippen LogP contribution is 2.32. The highest BCUT2D eigenvalue weighted by Gasteiger charge is 2.21. The predicted octanol–water partition coefficient (Wildman–Crippen LogP) is 2.64. The van der Waals surface area contributed by atoms with Crippen molar-refractivity contribution in [1.29, 1.82) is 0 Å². The molecule has 2 aromatic heterocycles. The van der Waals surface area contributed by atoms with Crippen LogP contribution >= 0.6 is 0 Å². The van der Waals surface area contributed by atoms with Crippen molar-refractivity contribution in [1.82, 2.24) is 14.8 Å². The van der Waals surface area contributed by atoms with Crippen LogP contribution in [0.2, 0.25) is 0 Å². The van der Waals surface area contributed by atoms with Crippen molar-refractivity contribution in [2.75, 3.05) is 0 Å². The summed E-state index contributed by atoms with van der Waals surface area (Å²) in [6.07, 6.45) is 1.66. The van der Waals surface area contributed by atoms with Crippen molar-refractivity contribution in [3.05, 3.63) is 47.8 Å². The lowest BCUT2D eigenvalue weighted by molar-refractivity contribution is 0.0696. The van der Waals surface area contributed by atoms with Crippen LogP contribution in [0, 0.1) is 6.92 Å². The summed E-state index contributed by atoms with van der Waals surface area (Å²) in [5.41, 5.74) is 2.94. The fourth-order valence-corrected chi connectivity index (χ4v) is 2.44. The van der Waals surface area contributed by atoms with Gasteiger partial charge in [-0.2, -0.15) is 5.10 Å². The smallest absolute Gasteiger partial charge is 0.338 e. The fraction of sp³-hybridized carbons (Fsp3) is 0.133. The molecule has 20 heavy (non-hydrogen) atoms. The van der Waals surface area contributed by atoms with E-state index >= 15 is 0 Å². The van der Waals surface area contributed by atoms with E-state index in [1.54, 1.807) is 24.9 Å². The molecule has 0 bridgehead atoms. The maximum atomic E-state index is 11.6. The Kier molecular flexibility index (Phi) is 2.75. The summed E-state index contributed by atoms with van der Waals surface area (Å²) in [5.74, 6) is -0.973. The van der Waals surface area contributed by atoms with Gasteiger partial charge in [-0.3, -0.25) is 4.68 Å². The van der Waals surface area contributed by atoms with E-state index in [0.29, 0.717) is 16.9 Å². The first kappa shape index (κ1) is 12.3. The van der Waals surface area contributed by atoms with Crippen LogP contribution in [0.5, 0.6) is 0 Å². The molecule has 100 valence electrons. The van der Waals surface area contributed by atoms with E-state index in [0.717, 1.165) is 10.9 Å². The topological polar surface area (TPSA) is 68.0 Å². The monoisotopic (exact) mass is 267 g/mol. The zero-order valence-electron chi connectivity index (χ0n) is 11.2. The van der Waals surface area contributed by atoms with Gasteiger partial charge < -0.3 is 5.11 Å². The van der Waals surface area contributed by atoms with E-state index in [4.69, 9.17) is 0 Å². The van der Waals surface area contributed by atoms with Crippen LogP contribution in [-0.2, 0) is 7.05 Å². The number of fused-ring (bicyclic) bond motifs is 1. The van der Waals surface area contributed by atoms with Crippen molar-refractivity contribution in [2.24, 2.45) is 7.05 Å². The molecule has 0 unspecified atom stereocenters. The van der Waals surface area contributed by atoms with Crippen molar-refractivity contribution < 1.29 is 9.90 Å². The maximum Gasteiger partial charge on any atom is 0.338 e. The number of rotatable bonds is 2.